The quantitative estimate of drug-likeness (QED) is 0.389. The van der Waals surface area contributed by atoms with E-state index in [9.17, 15) is 0 Å². The fourth-order valence-corrected chi connectivity index (χ4v) is 3.00. The van der Waals surface area contributed by atoms with Gasteiger partial charge < -0.3 is 15.5 Å². The number of aliphatic imine (C=N–C) groups is 1. The van der Waals surface area contributed by atoms with Gasteiger partial charge in [-0.1, -0.05) is 6.92 Å². The van der Waals surface area contributed by atoms with Crippen molar-refractivity contribution in [2.75, 3.05) is 51.3 Å². The Bertz CT molecular complexity index is 275. The highest BCUT2D eigenvalue weighted by molar-refractivity contribution is 7.98. The molecule has 1 rings (SSSR count). The van der Waals surface area contributed by atoms with Crippen molar-refractivity contribution in [2.24, 2.45) is 10.9 Å². The second kappa shape index (κ2) is 12.2. The van der Waals surface area contributed by atoms with Gasteiger partial charge in [0.2, 0.25) is 0 Å². The van der Waals surface area contributed by atoms with E-state index in [1.807, 2.05) is 11.8 Å². The number of guanidine groups is 1. The van der Waals surface area contributed by atoms with Crippen LogP contribution in [0.3, 0.4) is 0 Å². The fraction of sp³-hybridized carbons (Fsp3) is 0.938. The van der Waals surface area contributed by atoms with Crippen LogP contribution in [0.1, 0.15) is 39.5 Å². The number of piperidine rings is 1. The number of hydrogen-bond acceptors (Lipinski definition) is 3. The maximum absolute atomic E-state index is 4.65. The molecule has 1 aliphatic heterocycles. The van der Waals surface area contributed by atoms with Gasteiger partial charge in [-0.05, 0) is 63.6 Å². The molecule has 0 aromatic heterocycles. The van der Waals surface area contributed by atoms with E-state index >= 15 is 0 Å². The van der Waals surface area contributed by atoms with Gasteiger partial charge in [0, 0.05) is 26.2 Å². The van der Waals surface area contributed by atoms with Gasteiger partial charge >= 0.3 is 0 Å². The molecule has 1 heterocycles. The molecule has 1 fully saturated rings. The summed E-state index contributed by atoms with van der Waals surface area (Å²) in [5, 5.41) is 6.80. The van der Waals surface area contributed by atoms with Crippen molar-refractivity contribution in [2.45, 2.75) is 39.5 Å². The smallest absolute Gasteiger partial charge is 0.191 e. The van der Waals surface area contributed by atoms with Crippen LogP contribution in [-0.2, 0) is 0 Å². The maximum Gasteiger partial charge on any atom is 0.191 e. The van der Waals surface area contributed by atoms with Crippen LogP contribution in [0.15, 0.2) is 4.99 Å². The average Bonchev–Trinajstić information content (AvgIpc) is 2.49. The molecule has 0 bridgehead atoms. The number of rotatable bonds is 9. The van der Waals surface area contributed by atoms with Crippen LogP contribution in [0, 0.1) is 5.92 Å². The number of unbranched alkanes of at least 4 members (excludes halogenated alkanes) is 1. The van der Waals surface area contributed by atoms with E-state index in [2.05, 4.69) is 40.6 Å². The largest absolute Gasteiger partial charge is 0.357 e. The predicted molar refractivity (Wildman–Crippen MR) is 96.4 cm³/mol. The van der Waals surface area contributed by atoms with E-state index < -0.39 is 0 Å². The Balaban J connectivity index is 2.16. The van der Waals surface area contributed by atoms with Crippen LogP contribution in [0.5, 0.6) is 0 Å². The first kappa shape index (κ1) is 18.6. The standard InChI is InChI=1S/C16H34N4S/c1-4-17-16(18-9-5-6-14-21-3)19-10-13-20-11-7-15(2)8-12-20/h15H,4-14H2,1-3H3,(H2,17,18,19). The monoisotopic (exact) mass is 314 g/mol. The lowest BCUT2D eigenvalue weighted by molar-refractivity contribution is 0.195. The summed E-state index contributed by atoms with van der Waals surface area (Å²) in [4.78, 5) is 7.21. The minimum absolute atomic E-state index is 0.911. The summed E-state index contributed by atoms with van der Waals surface area (Å²) in [7, 11) is 0. The van der Waals surface area contributed by atoms with Gasteiger partial charge in [-0.25, -0.2) is 0 Å². The number of hydrogen-bond donors (Lipinski definition) is 2. The highest BCUT2D eigenvalue weighted by Gasteiger charge is 2.14. The lowest BCUT2D eigenvalue weighted by Crippen LogP contribution is -2.43. The molecule has 0 unspecified atom stereocenters. The lowest BCUT2D eigenvalue weighted by atomic mass is 9.99. The first-order chi connectivity index (χ1) is 10.3. The van der Waals surface area contributed by atoms with E-state index in [-0.39, 0.29) is 0 Å². The van der Waals surface area contributed by atoms with Gasteiger partial charge in [0.15, 0.2) is 5.96 Å². The van der Waals surface area contributed by atoms with E-state index in [0.717, 1.165) is 38.1 Å². The molecular weight excluding hydrogens is 280 g/mol. The summed E-state index contributed by atoms with van der Waals surface area (Å²) in [5.41, 5.74) is 0. The van der Waals surface area contributed by atoms with Crippen LogP contribution in [0.25, 0.3) is 0 Å². The van der Waals surface area contributed by atoms with Crippen molar-refractivity contribution in [3.05, 3.63) is 0 Å². The van der Waals surface area contributed by atoms with Crippen LogP contribution < -0.4 is 10.6 Å². The molecule has 0 aromatic carbocycles. The maximum atomic E-state index is 4.65. The van der Waals surface area contributed by atoms with Crippen LogP contribution in [0.4, 0.5) is 0 Å². The second-order valence-corrected chi connectivity index (χ2v) is 6.90. The SMILES string of the molecule is CCNC(=NCCCCSC)NCCN1CCC(C)CC1. The molecule has 124 valence electrons. The molecular formula is C16H34N4S. The minimum atomic E-state index is 0.911. The Morgan fingerprint density at radius 2 is 2.00 bits per heavy atom. The molecule has 0 aromatic rings. The number of thioether (sulfide) groups is 1. The molecule has 21 heavy (non-hydrogen) atoms. The molecule has 1 saturated heterocycles. The highest BCUT2D eigenvalue weighted by Crippen LogP contribution is 2.14. The second-order valence-electron chi connectivity index (χ2n) is 5.91. The molecule has 5 heteroatoms. The summed E-state index contributed by atoms with van der Waals surface area (Å²) in [6.45, 7) is 11.0. The zero-order valence-corrected chi connectivity index (χ0v) is 15.0. The number of nitrogens with one attached hydrogen (secondary N) is 2. The van der Waals surface area contributed by atoms with Crippen molar-refractivity contribution in [1.82, 2.24) is 15.5 Å². The molecule has 1 aliphatic rings. The van der Waals surface area contributed by atoms with Gasteiger partial charge in [0.05, 0.1) is 0 Å². The van der Waals surface area contributed by atoms with Crippen LogP contribution >= 0.6 is 11.8 Å². The van der Waals surface area contributed by atoms with E-state index in [4.69, 9.17) is 0 Å². The predicted octanol–water partition coefficient (Wildman–Crippen LogP) is 2.42. The van der Waals surface area contributed by atoms with Gasteiger partial charge in [-0.3, -0.25) is 4.99 Å². The Morgan fingerprint density at radius 3 is 2.67 bits per heavy atom. The zero-order chi connectivity index (χ0) is 15.3. The molecule has 2 N–H and O–H groups in total. The van der Waals surface area contributed by atoms with Crippen LogP contribution in [0.2, 0.25) is 0 Å². The zero-order valence-electron chi connectivity index (χ0n) is 14.2. The third kappa shape index (κ3) is 9.25. The van der Waals surface area contributed by atoms with Gasteiger partial charge in [-0.15, -0.1) is 0 Å². The summed E-state index contributed by atoms with van der Waals surface area (Å²) >= 11 is 1.92. The van der Waals surface area contributed by atoms with Crippen LogP contribution in [-0.4, -0.2) is 62.1 Å². The van der Waals surface area contributed by atoms with Gasteiger partial charge in [0.1, 0.15) is 0 Å². The van der Waals surface area contributed by atoms with Crippen molar-refractivity contribution in [1.29, 1.82) is 0 Å². The Labute approximate surface area is 135 Å². The molecule has 0 spiro atoms. The summed E-state index contributed by atoms with van der Waals surface area (Å²) in [6.07, 6.45) is 7.31. The number of likely N-dealkylation sites (tertiary alicyclic amines) is 1. The molecule has 0 amide bonds. The first-order valence-corrected chi connectivity index (χ1v) is 9.89. The third-order valence-corrected chi connectivity index (χ3v) is 4.66. The Kier molecular flexibility index (Phi) is 10.8. The normalized spacial score (nSPS) is 18.0. The summed E-state index contributed by atoms with van der Waals surface area (Å²) < 4.78 is 0. The molecule has 0 aliphatic carbocycles. The average molecular weight is 315 g/mol. The van der Waals surface area contributed by atoms with Gasteiger partial charge in [-0.2, -0.15) is 11.8 Å². The van der Waals surface area contributed by atoms with Gasteiger partial charge in [0.25, 0.3) is 0 Å². The van der Waals surface area contributed by atoms with E-state index in [1.54, 1.807) is 0 Å². The highest BCUT2D eigenvalue weighted by atomic mass is 32.2. The van der Waals surface area contributed by atoms with Crippen molar-refractivity contribution in [3.63, 3.8) is 0 Å². The summed E-state index contributed by atoms with van der Waals surface area (Å²) in [6, 6.07) is 0. The molecule has 0 radical (unpaired) electrons. The summed E-state index contributed by atoms with van der Waals surface area (Å²) in [5.74, 6) is 3.13. The molecule has 4 nitrogen and oxygen atoms in total. The Hall–Kier alpha value is -0.420. The van der Waals surface area contributed by atoms with E-state index in [1.165, 1.54) is 44.5 Å². The fourth-order valence-electron chi connectivity index (χ4n) is 2.51. The molecule has 0 atom stereocenters. The Morgan fingerprint density at radius 1 is 1.24 bits per heavy atom. The third-order valence-electron chi connectivity index (χ3n) is 3.97. The first-order valence-electron chi connectivity index (χ1n) is 8.49. The topological polar surface area (TPSA) is 39.7 Å². The van der Waals surface area contributed by atoms with Crippen molar-refractivity contribution < 1.29 is 0 Å². The van der Waals surface area contributed by atoms with Crippen molar-refractivity contribution in [3.8, 4) is 0 Å². The number of nitrogens with zero attached hydrogens (tertiary/aromatic N) is 2. The molecule has 0 saturated carbocycles. The minimum Gasteiger partial charge on any atom is -0.357 e. The lowest BCUT2D eigenvalue weighted by Gasteiger charge is -2.30. The van der Waals surface area contributed by atoms with Crippen molar-refractivity contribution >= 4 is 17.7 Å². The van der Waals surface area contributed by atoms with E-state index in [0.29, 0.717) is 0 Å².